The first-order valence-electron chi connectivity index (χ1n) is 7.23. The Bertz CT molecular complexity index is 225. The van der Waals surface area contributed by atoms with E-state index in [0.29, 0.717) is 0 Å². The van der Waals surface area contributed by atoms with E-state index in [2.05, 4.69) is 6.92 Å². The molecule has 0 rings (SSSR count). The van der Waals surface area contributed by atoms with Crippen molar-refractivity contribution < 1.29 is 25.2 Å². The van der Waals surface area contributed by atoms with Gasteiger partial charge in [0.2, 0.25) is 0 Å². The van der Waals surface area contributed by atoms with Gasteiger partial charge in [-0.15, -0.1) is 0 Å². The third kappa shape index (κ3) is 10.1. The zero-order valence-electron chi connectivity index (χ0n) is 13.3. The molecule has 0 heterocycles. The summed E-state index contributed by atoms with van der Waals surface area (Å²) in [6.45, 7) is 8.46. The van der Waals surface area contributed by atoms with E-state index in [1.807, 2.05) is 6.92 Å². The number of nitrogens with zero attached hydrogens (tertiary/aromatic N) is 1. The summed E-state index contributed by atoms with van der Waals surface area (Å²) in [6.07, 6.45) is 1.21. The van der Waals surface area contributed by atoms with Gasteiger partial charge in [-0.2, -0.15) is 0 Å². The van der Waals surface area contributed by atoms with Crippen molar-refractivity contribution in [2.45, 2.75) is 79.0 Å². The lowest BCUT2D eigenvalue weighted by Gasteiger charge is -2.30. The van der Waals surface area contributed by atoms with E-state index in [4.69, 9.17) is 20.4 Å². The zero-order valence-corrected chi connectivity index (χ0v) is 13.3. The minimum atomic E-state index is -0.833. The van der Waals surface area contributed by atoms with E-state index >= 15 is 0 Å². The standard InChI is InChI=1S/C8H16O2.C6H15NO3/c1-3-5-6-7(4-2)8(9)10;1-4(8)7(5(2)9)6(3)10/h7H,3-6H2,1-2H3,(H,9,10);4-6,8-10H,1-3H3. The summed E-state index contributed by atoms with van der Waals surface area (Å²) >= 11 is 0. The van der Waals surface area contributed by atoms with Crippen LogP contribution in [0.1, 0.15) is 60.3 Å². The summed E-state index contributed by atoms with van der Waals surface area (Å²) in [5.74, 6) is -0.754. The number of carboxylic acid groups (broad SMARTS) is 1. The van der Waals surface area contributed by atoms with Gasteiger partial charge in [0.05, 0.1) is 5.92 Å². The lowest BCUT2D eigenvalue weighted by atomic mass is 10.00. The summed E-state index contributed by atoms with van der Waals surface area (Å²) in [6, 6.07) is 0. The zero-order chi connectivity index (χ0) is 16.3. The first-order valence-corrected chi connectivity index (χ1v) is 7.23. The minimum Gasteiger partial charge on any atom is -0.481 e. The predicted molar refractivity (Wildman–Crippen MR) is 77.8 cm³/mol. The van der Waals surface area contributed by atoms with Crippen LogP contribution in [0.3, 0.4) is 0 Å². The van der Waals surface area contributed by atoms with Crippen molar-refractivity contribution in [1.82, 2.24) is 4.90 Å². The molecule has 4 N–H and O–H groups in total. The molecule has 0 aliphatic carbocycles. The van der Waals surface area contributed by atoms with E-state index in [0.717, 1.165) is 25.7 Å². The number of hydrogen-bond acceptors (Lipinski definition) is 5. The van der Waals surface area contributed by atoms with E-state index in [1.54, 1.807) is 0 Å². The van der Waals surface area contributed by atoms with Gasteiger partial charge in [0.25, 0.3) is 0 Å². The van der Waals surface area contributed by atoms with Crippen LogP contribution in [0.25, 0.3) is 0 Å². The Morgan fingerprint density at radius 2 is 1.40 bits per heavy atom. The molecule has 20 heavy (non-hydrogen) atoms. The monoisotopic (exact) mass is 293 g/mol. The average Bonchev–Trinajstić information content (AvgIpc) is 2.28. The van der Waals surface area contributed by atoms with Crippen LogP contribution in [-0.4, -0.2) is 50.0 Å². The molecular formula is C14H31NO5. The summed E-state index contributed by atoms with van der Waals surface area (Å²) in [4.78, 5) is 11.6. The number of aliphatic hydroxyl groups excluding tert-OH is 3. The summed E-state index contributed by atoms with van der Waals surface area (Å²) in [5, 5.41) is 35.5. The second-order valence-corrected chi connectivity index (χ2v) is 4.93. The number of unbranched alkanes of at least 4 members (excludes halogenated alkanes) is 1. The highest BCUT2D eigenvalue weighted by Gasteiger charge is 2.20. The Labute approximate surface area is 122 Å². The van der Waals surface area contributed by atoms with Crippen molar-refractivity contribution >= 4 is 5.97 Å². The molecule has 0 aromatic carbocycles. The van der Waals surface area contributed by atoms with E-state index < -0.39 is 24.7 Å². The molecule has 4 unspecified atom stereocenters. The SMILES string of the molecule is CC(O)N(C(C)O)C(C)O.CCCCC(CC)C(=O)O. The van der Waals surface area contributed by atoms with Gasteiger partial charge in [-0.3, -0.25) is 4.79 Å². The van der Waals surface area contributed by atoms with E-state index in [9.17, 15) is 4.79 Å². The molecule has 0 aliphatic rings. The molecule has 6 heteroatoms. The number of carboxylic acids is 1. The molecule has 0 aromatic heterocycles. The molecule has 0 aromatic rings. The molecule has 0 radical (unpaired) electrons. The van der Waals surface area contributed by atoms with Crippen molar-refractivity contribution in [3.8, 4) is 0 Å². The molecule has 0 amide bonds. The lowest BCUT2D eigenvalue weighted by molar-refractivity contribution is -0.159. The average molecular weight is 293 g/mol. The molecule has 0 aliphatic heterocycles. The van der Waals surface area contributed by atoms with Crippen LogP contribution in [0, 0.1) is 5.92 Å². The van der Waals surface area contributed by atoms with Gasteiger partial charge in [-0.1, -0.05) is 26.7 Å². The largest absolute Gasteiger partial charge is 0.481 e. The van der Waals surface area contributed by atoms with Crippen LogP contribution >= 0.6 is 0 Å². The first-order chi connectivity index (χ1) is 9.18. The molecule has 0 saturated heterocycles. The quantitative estimate of drug-likeness (QED) is 0.507. The summed E-state index contributed by atoms with van der Waals surface area (Å²) in [5.41, 5.74) is 0. The van der Waals surface area contributed by atoms with Crippen LogP contribution < -0.4 is 0 Å². The highest BCUT2D eigenvalue weighted by Crippen LogP contribution is 2.11. The number of aliphatic hydroxyl groups is 3. The first kappa shape index (κ1) is 21.6. The number of hydrogen-bond donors (Lipinski definition) is 4. The van der Waals surface area contributed by atoms with Crippen molar-refractivity contribution in [3.05, 3.63) is 0 Å². The smallest absolute Gasteiger partial charge is 0.306 e. The fourth-order valence-electron chi connectivity index (χ4n) is 1.89. The number of carbonyl (C=O) groups is 1. The molecule has 0 spiro atoms. The number of rotatable bonds is 8. The molecule has 4 atom stereocenters. The minimum absolute atomic E-state index is 0.111. The van der Waals surface area contributed by atoms with Crippen LogP contribution in [0.5, 0.6) is 0 Å². The Morgan fingerprint density at radius 1 is 1.00 bits per heavy atom. The van der Waals surface area contributed by atoms with Crippen molar-refractivity contribution in [2.75, 3.05) is 0 Å². The van der Waals surface area contributed by atoms with Gasteiger partial charge < -0.3 is 20.4 Å². The van der Waals surface area contributed by atoms with Gasteiger partial charge >= 0.3 is 5.97 Å². The second-order valence-electron chi connectivity index (χ2n) is 4.93. The van der Waals surface area contributed by atoms with Crippen LogP contribution in [0.15, 0.2) is 0 Å². The topological polar surface area (TPSA) is 101 Å². The molecular weight excluding hydrogens is 262 g/mol. The Morgan fingerprint density at radius 3 is 1.55 bits per heavy atom. The summed E-state index contributed by atoms with van der Waals surface area (Å²) in [7, 11) is 0. The van der Waals surface area contributed by atoms with Gasteiger partial charge in [0.1, 0.15) is 18.7 Å². The Kier molecular flexibility index (Phi) is 13.1. The maximum Gasteiger partial charge on any atom is 0.306 e. The fourth-order valence-corrected chi connectivity index (χ4v) is 1.89. The normalized spacial score (nSPS) is 16.9. The van der Waals surface area contributed by atoms with Crippen molar-refractivity contribution in [1.29, 1.82) is 0 Å². The molecule has 0 fully saturated rings. The van der Waals surface area contributed by atoms with Crippen molar-refractivity contribution in [2.24, 2.45) is 5.92 Å². The predicted octanol–water partition coefficient (Wildman–Crippen LogP) is 1.59. The van der Waals surface area contributed by atoms with Gasteiger partial charge in [-0.05, 0) is 33.6 Å². The fraction of sp³-hybridized carbons (Fsp3) is 0.929. The molecule has 6 nitrogen and oxygen atoms in total. The van der Waals surface area contributed by atoms with Crippen LogP contribution in [0.2, 0.25) is 0 Å². The van der Waals surface area contributed by atoms with Gasteiger partial charge in [-0.25, -0.2) is 4.90 Å². The van der Waals surface area contributed by atoms with Crippen LogP contribution in [0.4, 0.5) is 0 Å². The Balaban J connectivity index is 0. The maximum absolute atomic E-state index is 10.4. The molecule has 122 valence electrons. The van der Waals surface area contributed by atoms with Gasteiger partial charge in [0.15, 0.2) is 0 Å². The van der Waals surface area contributed by atoms with E-state index in [1.165, 1.54) is 25.7 Å². The highest BCUT2D eigenvalue weighted by atomic mass is 16.4. The second kappa shape index (κ2) is 12.1. The number of aliphatic carboxylic acids is 1. The third-order valence-corrected chi connectivity index (χ3v) is 3.04. The molecule has 0 saturated carbocycles. The lowest BCUT2D eigenvalue weighted by Crippen LogP contribution is -2.45. The molecule has 0 bridgehead atoms. The highest BCUT2D eigenvalue weighted by molar-refractivity contribution is 5.69. The van der Waals surface area contributed by atoms with Gasteiger partial charge in [0, 0.05) is 0 Å². The van der Waals surface area contributed by atoms with Crippen molar-refractivity contribution in [3.63, 3.8) is 0 Å². The van der Waals surface area contributed by atoms with E-state index in [-0.39, 0.29) is 5.92 Å². The Hall–Kier alpha value is -0.690. The van der Waals surface area contributed by atoms with Crippen LogP contribution in [-0.2, 0) is 4.79 Å². The summed E-state index contributed by atoms with van der Waals surface area (Å²) < 4.78 is 0. The maximum atomic E-state index is 10.4. The third-order valence-electron chi connectivity index (χ3n) is 3.04.